The molecule has 0 spiro atoms. The van der Waals surface area contributed by atoms with E-state index in [1.807, 2.05) is 25.3 Å². The third-order valence-corrected chi connectivity index (χ3v) is 5.02. The van der Waals surface area contributed by atoms with Crippen molar-refractivity contribution in [3.05, 3.63) is 56.2 Å². The molecule has 2 aromatic heterocycles. The Kier molecular flexibility index (Phi) is 4.41. The van der Waals surface area contributed by atoms with Gasteiger partial charge in [-0.25, -0.2) is 9.80 Å². The number of fused-ring (bicyclic) bond motifs is 3. The molecular formula is C20H24N6O2. The molecular weight excluding hydrogens is 356 g/mol. The lowest BCUT2D eigenvalue weighted by Crippen LogP contribution is -2.40. The van der Waals surface area contributed by atoms with E-state index in [-0.39, 0.29) is 11.2 Å². The van der Waals surface area contributed by atoms with E-state index in [0.29, 0.717) is 43.2 Å². The molecule has 0 saturated heterocycles. The van der Waals surface area contributed by atoms with Gasteiger partial charge in [0, 0.05) is 13.6 Å². The second-order valence-electron chi connectivity index (χ2n) is 7.35. The Morgan fingerprint density at radius 2 is 1.82 bits per heavy atom. The highest BCUT2D eigenvalue weighted by Crippen LogP contribution is 2.25. The smallest absolute Gasteiger partial charge is 0.297 e. The van der Waals surface area contributed by atoms with Crippen molar-refractivity contribution in [2.24, 2.45) is 12.1 Å². The molecule has 0 atom stereocenters. The standard InChI is InChI=1S/C20H24N6O2/c1-5-10-24-18(27)16-17(23(4)20(24)28)21-19-25(16)11-14(3)22-26(19)12-15-8-6-13(2)7-9-15/h6-9H,5,10-12H2,1-4H3. The van der Waals surface area contributed by atoms with E-state index in [0.717, 1.165) is 11.3 Å². The van der Waals surface area contributed by atoms with E-state index in [4.69, 9.17) is 0 Å². The highest BCUT2D eigenvalue weighted by Gasteiger charge is 2.26. The largest absolute Gasteiger partial charge is 0.332 e. The second-order valence-corrected chi connectivity index (χ2v) is 7.35. The summed E-state index contributed by atoms with van der Waals surface area (Å²) in [5.41, 5.74) is 3.40. The van der Waals surface area contributed by atoms with E-state index in [1.54, 1.807) is 12.1 Å². The summed E-state index contributed by atoms with van der Waals surface area (Å²) in [4.78, 5) is 30.3. The summed E-state index contributed by atoms with van der Waals surface area (Å²) in [6.07, 6.45) is 0.710. The molecule has 146 valence electrons. The predicted molar refractivity (Wildman–Crippen MR) is 110 cm³/mol. The van der Waals surface area contributed by atoms with Gasteiger partial charge in [0.25, 0.3) is 5.56 Å². The van der Waals surface area contributed by atoms with Crippen LogP contribution in [0.4, 0.5) is 5.95 Å². The first-order valence-corrected chi connectivity index (χ1v) is 9.48. The fourth-order valence-corrected chi connectivity index (χ4v) is 3.61. The summed E-state index contributed by atoms with van der Waals surface area (Å²) in [5, 5.41) is 6.45. The van der Waals surface area contributed by atoms with Crippen LogP contribution in [0.5, 0.6) is 0 Å². The van der Waals surface area contributed by atoms with Crippen molar-refractivity contribution in [2.45, 2.75) is 46.8 Å². The minimum absolute atomic E-state index is 0.288. The average Bonchev–Trinajstić information content (AvgIpc) is 3.05. The second kappa shape index (κ2) is 6.78. The van der Waals surface area contributed by atoms with Gasteiger partial charge in [-0.1, -0.05) is 36.8 Å². The topological polar surface area (TPSA) is 77.4 Å². The van der Waals surface area contributed by atoms with Gasteiger partial charge in [-0.15, -0.1) is 0 Å². The summed E-state index contributed by atoms with van der Waals surface area (Å²) in [6.45, 7) is 7.34. The van der Waals surface area contributed by atoms with Crippen LogP contribution in [0.1, 0.15) is 31.4 Å². The molecule has 0 N–H and O–H groups in total. The van der Waals surface area contributed by atoms with Gasteiger partial charge >= 0.3 is 5.69 Å². The third-order valence-electron chi connectivity index (χ3n) is 5.02. The van der Waals surface area contributed by atoms with Crippen LogP contribution in [0, 0.1) is 6.92 Å². The van der Waals surface area contributed by atoms with Crippen LogP contribution in [-0.4, -0.2) is 24.4 Å². The van der Waals surface area contributed by atoms with E-state index in [1.165, 1.54) is 14.7 Å². The maximum absolute atomic E-state index is 13.1. The highest BCUT2D eigenvalue weighted by molar-refractivity contribution is 5.87. The first-order chi connectivity index (χ1) is 13.4. The van der Waals surface area contributed by atoms with Crippen molar-refractivity contribution >= 4 is 22.8 Å². The van der Waals surface area contributed by atoms with Gasteiger partial charge in [-0.3, -0.25) is 18.5 Å². The molecule has 1 aliphatic heterocycles. The number of hydrogen-bond donors (Lipinski definition) is 0. The Morgan fingerprint density at radius 1 is 1.11 bits per heavy atom. The van der Waals surface area contributed by atoms with Crippen LogP contribution in [0.15, 0.2) is 39.0 Å². The van der Waals surface area contributed by atoms with Gasteiger partial charge in [0.15, 0.2) is 11.2 Å². The van der Waals surface area contributed by atoms with E-state index in [2.05, 4.69) is 34.4 Å². The molecule has 0 saturated carbocycles. The van der Waals surface area contributed by atoms with E-state index >= 15 is 0 Å². The summed E-state index contributed by atoms with van der Waals surface area (Å²) in [5.74, 6) is 0.586. The third kappa shape index (κ3) is 2.85. The molecule has 0 aliphatic carbocycles. The van der Waals surface area contributed by atoms with Crippen molar-refractivity contribution < 1.29 is 0 Å². The Balaban J connectivity index is 1.89. The summed E-state index contributed by atoms with van der Waals surface area (Å²) in [6, 6.07) is 8.25. The lowest BCUT2D eigenvalue weighted by Gasteiger charge is -2.25. The molecule has 4 rings (SSSR count). The lowest BCUT2D eigenvalue weighted by molar-refractivity contribution is 0.590. The van der Waals surface area contributed by atoms with Crippen LogP contribution >= 0.6 is 0 Å². The van der Waals surface area contributed by atoms with Gasteiger partial charge < -0.3 is 0 Å². The Morgan fingerprint density at radius 3 is 2.50 bits per heavy atom. The molecule has 1 aliphatic rings. The molecule has 3 aromatic rings. The van der Waals surface area contributed by atoms with Crippen molar-refractivity contribution in [3.63, 3.8) is 0 Å². The Hall–Kier alpha value is -3.16. The number of nitrogens with zero attached hydrogens (tertiary/aromatic N) is 6. The number of hydrogen-bond acceptors (Lipinski definition) is 5. The zero-order chi connectivity index (χ0) is 20.0. The van der Waals surface area contributed by atoms with Gasteiger partial charge in [0.2, 0.25) is 5.95 Å². The van der Waals surface area contributed by atoms with Crippen molar-refractivity contribution in [2.75, 3.05) is 5.01 Å². The normalized spacial score (nSPS) is 13.7. The summed E-state index contributed by atoms with van der Waals surface area (Å²) < 4.78 is 4.62. The first kappa shape index (κ1) is 18.2. The number of benzene rings is 1. The SMILES string of the molecule is CCCn1c(=O)c2c(nc3n2CC(C)=NN3Cc2ccc(C)cc2)n(C)c1=O. The predicted octanol–water partition coefficient (Wildman–Crippen LogP) is 2.01. The quantitative estimate of drug-likeness (QED) is 0.694. The molecule has 1 aromatic carbocycles. The molecule has 0 amide bonds. The molecule has 0 bridgehead atoms. The van der Waals surface area contributed by atoms with Gasteiger partial charge in [-0.05, 0) is 25.8 Å². The average molecular weight is 380 g/mol. The molecule has 0 fully saturated rings. The summed E-state index contributed by atoms with van der Waals surface area (Å²) >= 11 is 0. The van der Waals surface area contributed by atoms with Gasteiger partial charge in [0.1, 0.15) is 0 Å². The van der Waals surface area contributed by atoms with Crippen LogP contribution in [0.25, 0.3) is 11.2 Å². The van der Waals surface area contributed by atoms with Crippen LogP contribution < -0.4 is 16.3 Å². The Bertz CT molecular complexity index is 1200. The van der Waals surface area contributed by atoms with Crippen LogP contribution in [0.3, 0.4) is 0 Å². The minimum Gasteiger partial charge on any atom is -0.297 e. The number of hydrazone groups is 1. The number of rotatable bonds is 4. The molecule has 8 heteroatoms. The van der Waals surface area contributed by atoms with E-state index in [9.17, 15) is 9.59 Å². The van der Waals surface area contributed by atoms with Crippen LogP contribution in [-0.2, 0) is 26.7 Å². The zero-order valence-electron chi connectivity index (χ0n) is 16.6. The van der Waals surface area contributed by atoms with Gasteiger partial charge in [0.05, 0.1) is 18.8 Å². The number of imidazole rings is 1. The maximum Gasteiger partial charge on any atom is 0.332 e. The molecule has 0 radical (unpaired) electrons. The first-order valence-electron chi connectivity index (χ1n) is 9.48. The fourth-order valence-electron chi connectivity index (χ4n) is 3.61. The van der Waals surface area contributed by atoms with Crippen LogP contribution in [0.2, 0.25) is 0 Å². The number of anilines is 1. The van der Waals surface area contributed by atoms with Gasteiger partial charge in [-0.2, -0.15) is 10.1 Å². The van der Waals surface area contributed by atoms with Crippen molar-refractivity contribution in [3.8, 4) is 0 Å². The summed E-state index contributed by atoms with van der Waals surface area (Å²) in [7, 11) is 1.66. The minimum atomic E-state index is -0.336. The molecule has 0 unspecified atom stereocenters. The van der Waals surface area contributed by atoms with Crippen molar-refractivity contribution in [1.29, 1.82) is 0 Å². The number of aryl methyl sites for hydroxylation is 2. The fraction of sp³-hybridized carbons (Fsp3) is 0.400. The highest BCUT2D eigenvalue weighted by atomic mass is 16.2. The monoisotopic (exact) mass is 380 g/mol. The molecule has 28 heavy (non-hydrogen) atoms. The van der Waals surface area contributed by atoms with Crippen molar-refractivity contribution in [1.82, 2.24) is 18.7 Å². The zero-order valence-corrected chi connectivity index (χ0v) is 16.6. The number of aromatic nitrogens is 4. The Labute approximate surface area is 162 Å². The van der Waals surface area contributed by atoms with E-state index < -0.39 is 0 Å². The maximum atomic E-state index is 13.1. The molecule has 3 heterocycles. The lowest BCUT2D eigenvalue weighted by atomic mass is 10.1. The molecule has 8 nitrogen and oxygen atoms in total.